The first-order chi connectivity index (χ1) is 17.4. The van der Waals surface area contributed by atoms with E-state index in [0.29, 0.717) is 46.7 Å². The van der Waals surface area contributed by atoms with Crippen molar-refractivity contribution in [1.82, 2.24) is 15.6 Å². The average Bonchev–Trinajstić information content (AvgIpc) is 3.31. The van der Waals surface area contributed by atoms with Crippen LogP contribution in [-0.2, 0) is 22.8 Å². The molecule has 1 aliphatic heterocycles. The molecule has 2 aromatic carbocycles. The van der Waals surface area contributed by atoms with Gasteiger partial charge in [-0.1, -0.05) is 35.9 Å². The molecule has 0 fully saturated rings. The van der Waals surface area contributed by atoms with E-state index in [1.165, 1.54) is 5.01 Å². The van der Waals surface area contributed by atoms with Crippen molar-refractivity contribution in [2.75, 3.05) is 13.1 Å². The number of hydrazine groups is 2. The van der Waals surface area contributed by atoms with Crippen molar-refractivity contribution in [3.63, 3.8) is 0 Å². The van der Waals surface area contributed by atoms with Crippen molar-refractivity contribution in [2.24, 2.45) is 0 Å². The highest BCUT2D eigenvalue weighted by Crippen LogP contribution is 2.41. The molecule has 0 saturated carbocycles. The minimum Gasteiger partial charge on any atom is -0.421 e. The molecule has 2 heterocycles. The molecule has 0 radical (unpaired) electrons. The largest absolute Gasteiger partial charge is 0.421 e. The number of nitroso groups, excluding NO2 is 1. The first-order valence-corrected chi connectivity index (χ1v) is 12.0. The number of nitrogens with one attached hydrogen (secondary N) is 1. The number of hydrogen-bond donors (Lipinski definition) is 1. The van der Waals surface area contributed by atoms with E-state index in [-0.39, 0.29) is 12.7 Å². The van der Waals surface area contributed by atoms with Gasteiger partial charge in [-0.15, -0.1) is 5.01 Å². The van der Waals surface area contributed by atoms with Gasteiger partial charge in [0.05, 0.1) is 35.9 Å². The number of aryl methyl sites for hydroxylation is 1. The molecule has 0 aliphatic carbocycles. The Hall–Kier alpha value is -3.53. The van der Waals surface area contributed by atoms with Crippen LogP contribution in [0.2, 0.25) is 5.02 Å². The molecule has 0 bridgehead atoms. The van der Waals surface area contributed by atoms with Gasteiger partial charge in [0.1, 0.15) is 12.7 Å². The average molecular weight is 512 g/mol. The molecule has 4 rings (SSSR count). The maximum Gasteiger partial charge on any atom is 0.343 e. The predicted molar refractivity (Wildman–Crippen MR) is 133 cm³/mol. The number of nitrogens with zero attached hydrogens (tertiary/aromatic N) is 3. The summed E-state index contributed by atoms with van der Waals surface area (Å²) in [5, 5.41) is 2.17. The van der Waals surface area contributed by atoms with Crippen molar-refractivity contribution in [1.29, 1.82) is 0 Å². The smallest absolute Gasteiger partial charge is 0.343 e. The van der Waals surface area contributed by atoms with Crippen LogP contribution < -0.4 is 10.3 Å². The monoisotopic (exact) mass is 511 g/mol. The van der Waals surface area contributed by atoms with E-state index in [0.717, 1.165) is 22.3 Å². The molecule has 1 aromatic heterocycles. The quantitative estimate of drug-likeness (QED) is 0.234. The molecule has 9 nitrogen and oxygen atoms in total. The third-order valence-corrected chi connectivity index (χ3v) is 6.20. The van der Waals surface area contributed by atoms with Crippen LogP contribution in [0.3, 0.4) is 0 Å². The summed E-state index contributed by atoms with van der Waals surface area (Å²) in [6, 6.07) is 14.2. The lowest BCUT2D eigenvalue weighted by atomic mass is 10.0. The zero-order valence-corrected chi connectivity index (χ0v) is 21.1. The minimum atomic E-state index is -0.499. The Balaban J connectivity index is 1.41. The fourth-order valence-corrected chi connectivity index (χ4v) is 4.06. The van der Waals surface area contributed by atoms with Gasteiger partial charge in [0, 0.05) is 27.9 Å². The van der Waals surface area contributed by atoms with Crippen LogP contribution in [0.5, 0.6) is 5.75 Å². The lowest BCUT2D eigenvalue weighted by molar-refractivity contribution is -0.788. The van der Waals surface area contributed by atoms with Crippen LogP contribution in [0.4, 0.5) is 0 Å². The lowest BCUT2D eigenvalue weighted by Crippen LogP contribution is -2.41. The van der Waals surface area contributed by atoms with Gasteiger partial charge in [-0.3, -0.25) is 4.98 Å². The highest BCUT2D eigenvalue weighted by atomic mass is 35.5. The van der Waals surface area contributed by atoms with Gasteiger partial charge >= 0.3 is 5.97 Å². The summed E-state index contributed by atoms with van der Waals surface area (Å²) in [5.41, 5.74) is 6.73. The Bertz CT molecular complexity index is 1230. The Morgan fingerprint density at radius 2 is 1.86 bits per heavy atom. The molecule has 0 saturated heterocycles. The van der Waals surface area contributed by atoms with E-state index >= 15 is 0 Å². The van der Waals surface area contributed by atoms with Gasteiger partial charge in [0.2, 0.25) is 0 Å². The van der Waals surface area contributed by atoms with Gasteiger partial charge in [0.15, 0.2) is 5.75 Å². The molecule has 0 amide bonds. The van der Waals surface area contributed by atoms with E-state index < -0.39 is 5.97 Å². The van der Waals surface area contributed by atoms with Gasteiger partial charge in [-0.05, 0) is 56.2 Å². The molecule has 1 aliphatic rings. The summed E-state index contributed by atoms with van der Waals surface area (Å²) in [4.78, 5) is 35.0. The Kier molecular flexibility index (Phi) is 8.14. The highest BCUT2D eigenvalue weighted by Gasteiger charge is 2.30. The number of fused-ring (bicyclic) bond motifs is 1. The zero-order valence-electron chi connectivity index (χ0n) is 20.4. The van der Waals surface area contributed by atoms with Crippen molar-refractivity contribution >= 4 is 17.6 Å². The number of esters is 1. The van der Waals surface area contributed by atoms with Crippen molar-refractivity contribution in [3.05, 3.63) is 98.2 Å². The number of carbonyl (C=O) groups is 1. The van der Waals surface area contributed by atoms with Crippen LogP contribution in [-0.4, -0.2) is 34.0 Å². The summed E-state index contributed by atoms with van der Waals surface area (Å²) in [6.45, 7) is 7.11. The summed E-state index contributed by atoms with van der Waals surface area (Å²) in [5.74, 6) is -0.0846. The van der Waals surface area contributed by atoms with E-state index in [2.05, 4.69) is 10.6 Å². The summed E-state index contributed by atoms with van der Waals surface area (Å²) < 4.78 is 11.8. The van der Waals surface area contributed by atoms with Crippen LogP contribution in [0, 0.1) is 11.8 Å². The van der Waals surface area contributed by atoms with E-state index in [9.17, 15) is 9.70 Å². The Morgan fingerprint density at radius 3 is 2.53 bits per heavy atom. The standard InChI is InChI=1S/C26H28ClN4O5/c1-4-30(5-2)31(33)29-35-15-18-6-8-20(9-7-18)26(32)36-24-17(3)28-14-22-23(24)16-34-25(22)19-10-12-21(27)13-11-19/h6-14,25H,4-5,15-16H2,1-3H3,(H,29,33)/q+1/t25-/m0/s1. The van der Waals surface area contributed by atoms with Crippen LogP contribution in [0.1, 0.15) is 58.3 Å². The predicted octanol–water partition coefficient (Wildman–Crippen LogP) is 4.85. The Labute approximate surface area is 214 Å². The molecule has 1 N–H and O–H groups in total. The fourth-order valence-electron chi connectivity index (χ4n) is 3.93. The normalized spacial score (nSPS) is 14.3. The number of pyridine rings is 1. The molecule has 188 valence electrons. The highest BCUT2D eigenvalue weighted by molar-refractivity contribution is 6.30. The molecule has 10 heteroatoms. The molecular weight excluding hydrogens is 484 g/mol. The number of carbonyl (C=O) groups excluding carboxylic acids is 1. The van der Waals surface area contributed by atoms with Gasteiger partial charge < -0.3 is 9.47 Å². The van der Waals surface area contributed by atoms with E-state index in [1.54, 1.807) is 37.4 Å². The zero-order chi connectivity index (χ0) is 25.7. The summed E-state index contributed by atoms with van der Waals surface area (Å²) in [6.07, 6.45) is 1.46. The Morgan fingerprint density at radius 1 is 1.17 bits per heavy atom. The van der Waals surface area contributed by atoms with Gasteiger partial charge in [-0.2, -0.15) is 0 Å². The third-order valence-electron chi connectivity index (χ3n) is 5.95. The van der Waals surface area contributed by atoms with Crippen molar-refractivity contribution in [3.8, 4) is 5.75 Å². The second-order valence-corrected chi connectivity index (χ2v) is 8.66. The fraction of sp³-hybridized carbons (Fsp3) is 0.308. The van der Waals surface area contributed by atoms with E-state index in [1.807, 2.05) is 38.1 Å². The van der Waals surface area contributed by atoms with Crippen LogP contribution in [0.25, 0.3) is 0 Å². The topological polar surface area (TPSA) is 93.0 Å². The number of halogens is 1. The lowest BCUT2D eigenvalue weighted by Gasteiger charge is -2.13. The molecule has 0 spiro atoms. The number of ether oxygens (including phenoxy) is 2. The second kappa shape index (κ2) is 11.5. The first-order valence-electron chi connectivity index (χ1n) is 11.7. The van der Waals surface area contributed by atoms with Crippen molar-refractivity contribution in [2.45, 2.75) is 40.1 Å². The molecular formula is C26H28ClN4O5+. The van der Waals surface area contributed by atoms with Crippen LogP contribution >= 0.6 is 11.6 Å². The SMILES string of the molecule is CCN(CC)[N+](=O)NOCc1ccc(C(=O)Oc2c(C)ncc3c2CO[C@H]3c2ccc(Cl)cc2)cc1. The first kappa shape index (κ1) is 25.6. The number of aromatic nitrogens is 1. The number of benzene rings is 2. The summed E-state index contributed by atoms with van der Waals surface area (Å²) >= 11 is 6.01. The van der Waals surface area contributed by atoms with Crippen LogP contribution in [0.15, 0.2) is 54.7 Å². The number of rotatable bonds is 10. The van der Waals surface area contributed by atoms with Crippen molar-refractivity contribution < 1.29 is 24.1 Å². The minimum absolute atomic E-state index is 0.147. The molecule has 3 aromatic rings. The molecule has 0 unspecified atom stereocenters. The molecule has 36 heavy (non-hydrogen) atoms. The van der Waals surface area contributed by atoms with Gasteiger partial charge in [0.25, 0.3) is 4.98 Å². The second-order valence-electron chi connectivity index (χ2n) is 8.23. The maximum absolute atomic E-state index is 12.9. The van der Waals surface area contributed by atoms with Gasteiger partial charge in [-0.25, -0.2) is 9.63 Å². The number of hydrogen-bond acceptors (Lipinski definition) is 6. The van der Waals surface area contributed by atoms with E-state index in [4.69, 9.17) is 25.9 Å². The molecule has 1 atom stereocenters. The third kappa shape index (κ3) is 5.64. The summed E-state index contributed by atoms with van der Waals surface area (Å²) in [7, 11) is 0. The maximum atomic E-state index is 12.9.